The quantitative estimate of drug-likeness (QED) is 0.702. The molecule has 0 fully saturated rings. The van der Waals surface area contributed by atoms with Gasteiger partial charge in [-0.25, -0.2) is 0 Å². The summed E-state index contributed by atoms with van der Waals surface area (Å²) in [5.41, 5.74) is 2.64. The van der Waals surface area contributed by atoms with Crippen LogP contribution in [0.1, 0.15) is 12.6 Å². The second-order valence-corrected chi connectivity index (χ2v) is 3.71. The zero-order chi connectivity index (χ0) is 10.1. The molecule has 0 aliphatic heterocycles. The molecule has 0 amide bonds. The lowest BCUT2D eigenvalue weighted by Gasteiger charge is -2.19. The Bertz CT molecular complexity index is 441. The smallest absolute Gasteiger partial charge is 0.0697 e. The lowest BCUT2D eigenvalue weighted by Crippen LogP contribution is -2.26. The first-order valence-corrected chi connectivity index (χ1v) is 5.01. The number of para-hydroxylation sites is 1. The molecule has 2 heteroatoms. The zero-order valence-corrected chi connectivity index (χ0v) is 8.99. The fourth-order valence-electron chi connectivity index (χ4n) is 1.92. The number of hydrogen-bond donors (Lipinski definition) is 0. The van der Waals surface area contributed by atoms with E-state index in [-0.39, 0.29) is 0 Å². The zero-order valence-electron chi connectivity index (χ0n) is 8.99. The van der Waals surface area contributed by atoms with E-state index in [0.29, 0.717) is 0 Å². The monoisotopic (exact) mass is 188 g/mol. The van der Waals surface area contributed by atoms with Gasteiger partial charge in [0.15, 0.2) is 0 Å². The molecule has 0 aliphatic carbocycles. The Hall–Kier alpha value is -1.44. The highest BCUT2D eigenvalue weighted by Gasteiger charge is 2.07. The molecule has 74 valence electrons. The van der Waals surface area contributed by atoms with Crippen molar-refractivity contribution in [3.05, 3.63) is 36.0 Å². The van der Waals surface area contributed by atoms with E-state index < -0.39 is 0 Å². The standard InChI is InChI=1S/C12H16N2/c1-4-11-9-10-7-5-6-8-12(10)14(11)13(2)3/h5-9H,4H2,1-3H3. The maximum absolute atomic E-state index is 2.26. The summed E-state index contributed by atoms with van der Waals surface area (Å²) in [4.78, 5) is 0. The van der Waals surface area contributed by atoms with Gasteiger partial charge in [0, 0.05) is 25.2 Å². The maximum Gasteiger partial charge on any atom is 0.0697 e. The number of nitrogens with zero attached hydrogens (tertiary/aromatic N) is 2. The maximum atomic E-state index is 2.26. The lowest BCUT2D eigenvalue weighted by atomic mass is 10.2. The van der Waals surface area contributed by atoms with Gasteiger partial charge in [-0.05, 0) is 18.6 Å². The SMILES string of the molecule is CCc1cc2ccccc2n1N(C)C. The number of hydrogen-bond acceptors (Lipinski definition) is 1. The molecule has 0 unspecified atom stereocenters. The van der Waals surface area contributed by atoms with Crippen molar-refractivity contribution in [1.82, 2.24) is 4.68 Å². The summed E-state index contributed by atoms with van der Waals surface area (Å²) in [6, 6.07) is 10.8. The Kier molecular flexibility index (Phi) is 2.20. The van der Waals surface area contributed by atoms with Crippen molar-refractivity contribution in [3.63, 3.8) is 0 Å². The lowest BCUT2D eigenvalue weighted by molar-refractivity contribution is 0.719. The summed E-state index contributed by atoms with van der Waals surface area (Å²) in [5.74, 6) is 0. The number of aromatic nitrogens is 1. The normalized spacial score (nSPS) is 10.8. The molecular weight excluding hydrogens is 172 g/mol. The molecule has 0 spiro atoms. The van der Waals surface area contributed by atoms with Crippen molar-refractivity contribution in [3.8, 4) is 0 Å². The van der Waals surface area contributed by atoms with Crippen LogP contribution in [0.2, 0.25) is 0 Å². The minimum atomic E-state index is 1.06. The molecule has 14 heavy (non-hydrogen) atoms. The molecule has 0 saturated carbocycles. The van der Waals surface area contributed by atoms with Gasteiger partial charge in [0.25, 0.3) is 0 Å². The second kappa shape index (κ2) is 3.37. The minimum absolute atomic E-state index is 1.06. The summed E-state index contributed by atoms with van der Waals surface area (Å²) in [7, 11) is 4.15. The number of rotatable bonds is 2. The van der Waals surface area contributed by atoms with Gasteiger partial charge in [0.2, 0.25) is 0 Å². The molecule has 2 nitrogen and oxygen atoms in total. The van der Waals surface area contributed by atoms with Gasteiger partial charge < -0.3 is 5.01 Å². The summed E-state index contributed by atoms with van der Waals surface area (Å²) < 4.78 is 2.26. The summed E-state index contributed by atoms with van der Waals surface area (Å²) in [6.07, 6.45) is 1.06. The van der Waals surface area contributed by atoms with E-state index in [9.17, 15) is 0 Å². The molecule has 0 N–H and O–H groups in total. The van der Waals surface area contributed by atoms with Gasteiger partial charge in [-0.3, -0.25) is 4.68 Å². The average molecular weight is 188 g/mol. The van der Waals surface area contributed by atoms with E-state index in [1.807, 2.05) is 0 Å². The van der Waals surface area contributed by atoms with E-state index in [0.717, 1.165) is 6.42 Å². The second-order valence-electron chi connectivity index (χ2n) is 3.71. The highest BCUT2D eigenvalue weighted by Crippen LogP contribution is 2.19. The van der Waals surface area contributed by atoms with Crippen molar-refractivity contribution in [1.29, 1.82) is 0 Å². The molecule has 0 aliphatic rings. The van der Waals surface area contributed by atoms with Gasteiger partial charge in [-0.15, -0.1) is 0 Å². The topological polar surface area (TPSA) is 8.17 Å². The van der Waals surface area contributed by atoms with E-state index in [1.165, 1.54) is 16.6 Å². The van der Waals surface area contributed by atoms with Crippen molar-refractivity contribution in [2.75, 3.05) is 19.1 Å². The van der Waals surface area contributed by atoms with Crippen molar-refractivity contribution >= 4 is 10.9 Å². The van der Waals surface area contributed by atoms with Gasteiger partial charge in [-0.1, -0.05) is 25.1 Å². The van der Waals surface area contributed by atoms with Crippen molar-refractivity contribution in [2.45, 2.75) is 13.3 Å². The first-order chi connectivity index (χ1) is 6.74. The largest absolute Gasteiger partial charge is 0.319 e. The van der Waals surface area contributed by atoms with Gasteiger partial charge in [-0.2, -0.15) is 0 Å². The third kappa shape index (κ3) is 1.27. The van der Waals surface area contributed by atoms with Crippen LogP contribution in [0.25, 0.3) is 10.9 Å². The van der Waals surface area contributed by atoms with Crippen LogP contribution in [-0.4, -0.2) is 18.8 Å². The average Bonchev–Trinajstić information content (AvgIpc) is 2.55. The fraction of sp³-hybridized carbons (Fsp3) is 0.333. The Morgan fingerprint density at radius 2 is 1.93 bits per heavy atom. The summed E-state index contributed by atoms with van der Waals surface area (Å²) in [5, 5.41) is 3.44. The minimum Gasteiger partial charge on any atom is -0.319 e. The number of benzene rings is 1. The fourth-order valence-corrected chi connectivity index (χ4v) is 1.92. The third-order valence-electron chi connectivity index (χ3n) is 2.52. The van der Waals surface area contributed by atoms with Gasteiger partial charge >= 0.3 is 0 Å². The van der Waals surface area contributed by atoms with Crippen LogP contribution >= 0.6 is 0 Å². The van der Waals surface area contributed by atoms with E-state index >= 15 is 0 Å². The Morgan fingerprint density at radius 3 is 2.57 bits per heavy atom. The Balaban J connectivity index is 2.74. The molecular formula is C12H16N2. The molecule has 1 aromatic heterocycles. The highest BCUT2D eigenvalue weighted by atomic mass is 15.5. The van der Waals surface area contributed by atoms with Crippen molar-refractivity contribution in [2.24, 2.45) is 0 Å². The van der Waals surface area contributed by atoms with E-state index in [2.05, 4.69) is 61.0 Å². The highest BCUT2D eigenvalue weighted by molar-refractivity contribution is 5.81. The van der Waals surface area contributed by atoms with E-state index in [1.54, 1.807) is 0 Å². The predicted octanol–water partition coefficient (Wildman–Crippen LogP) is 2.40. The first-order valence-electron chi connectivity index (χ1n) is 5.01. The van der Waals surface area contributed by atoms with E-state index in [4.69, 9.17) is 0 Å². The van der Waals surface area contributed by atoms with Crippen LogP contribution in [0, 0.1) is 0 Å². The van der Waals surface area contributed by atoms with Crippen LogP contribution in [-0.2, 0) is 6.42 Å². The molecule has 0 bridgehead atoms. The third-order valence-corrected chi connectivity index (χ3v) is 2.52. The van der Waals surface area contributed by atoms with Crippen LogP contribution in [0.5, 0.6) is 0 Å². The van der Waals surface area contributed by atoms with Crippen molar-refractivity contribution < 1.29 is 0 Å². The number of fused-ring (bicyclic) bond motifs is 1. The number of aryl methyl sites for hydroxylation is 1. The Labute approximate surface area is 84.7 Å². The summed E-state index contributed by atoms with van der Waals surface area (Å²) in [6.45, 7) is 2.19. The first kappa shape index (κ1) is 9.13. The molecule has 0 saturated heterocycles. The molecule has 2 rings (SSSR count). The summed E-state index contributed by atoms with van der Waals surface area (Å²) >= 11 is 0. The van der Waals surface area contributed by atoms with Crippen LogP contribution in [0.3, 0.4) is 0 Å². The van der Waals surface area contributed by atoms with Crippen LogP contribution in [0.4, 0.5) is 0 Å². The van der Waals surface area contributed by atoms with Gasteiger partial charge in [0.05, 0.1) is 5.52 Å². The Morgan fingerprint density at radius 1 is 1.21 bits per heavy atom. The molecule has 1 heterocycles. The van der Waals surface area contributed by atoms with Crippen LogP contribution in [0.15, 0.2) is 30.3 Å². The molecule has 1 aromatic carbocycles. The molecule has 0 radical (unpaired) electrons. The van der Waals surface area contributed by atoms with Crippen LogP contribution < -0.4 is 5.01 Å². The predicted molar refractivity (Wildman–Crippen MR) is 61.4 cm³/mol. The molecule has 0 atom stereocenters. The van der Waals surface area contributed by atoms with Gasteiger partial charge in [0.1, 0.15) is 0 Å². The molecule has 2 aromatic rings.